The van der Waals surface area contributed by atoms with Gasteiger partial charge >= 0.3 is 5.97 Å². The molecule has 1 aromatic heterocycles. The van der Waals surface area contributed by atoms with E-state index in [1.165, 1.54) is 0 Å². The van der Waals surface area contributed by atoms with Crippen molar-refractivity contribution >= 4 is 11.9 Å². The minimum absolute atomic E-state index is 0.0371. The van der Waals surface area contributed by atoms with Crippen molar-refractivity contribution in [3.8, 4) is 0 Å². The Morgan fingerprint density at radius 1 is 1.55 bits per heavy atom. The molecule has 1 aliphatic rings. The molecule has 20 heavy (non-hydrogen) atoms. The number of likely N-dealkylation sites (tertiary alicyclic amines) is 1. The molecule has 1 fully saturated rings. The number of carboxylic acid groups (broad SMARTS) is 1. The number of rotatable bonds is 4. The summed E-state index contributed by atoms with van der Waals surface area (Å²) in [7, 11) is 0. The summed E-state index contributed by atoms with van der Waals surface area (Å²) >= 11 is 0. The summed E-state index contributed by atoms with van der Waals surface area (Å²) in [6, 6.07) is -0.344. The second-order valence-electron chi connectivity index (χ2n) is 5.70. The zero-order valence-corrected chi connectivity index (χ0v) is 12.1. The van der Waals surface area contributed by atoms with E-state index < -0.39 is 11.9 Å². The standard InChI is InChI=1S/C14H21N3O3/c1-9-6-12(18)17(11(3)13(9)14(19)20)10(2)7-16-5-4-15-8-16/h4-5,8-11,13H,6-7H2,1-3H3,(H,19,20). The van der Waals surface area contributed by atoms with Crippen LogP contribution in [0.1, 0.15) is 27.2 Å². The van der Waals surface area contributed by atoms with Crippen molar-refractivity contribution in [2.45, 2.75) is 45.8 Å². The number of carbonyl (C=O) groups excluding carboxylic acids is 1. The smallest absolute Gasteiger partial charge is 0.308 e. The van der Waals surface area contributed by atoms with E-state index in [-0.39, 0.29) is 23.9 Å². The van der Waals surface area contributed by atoms with Crippen LogP contribution >= 0.6 is 0 Å². The minimum atomic E-state index is -0.822. The predicted molar refractivity (Wildman–Crippen MR) is 72.9 cm³/mol. The highest BCUT2D eigenvalue weighted by atomic mass is 16.4. The van der Waals surface area contributed by atoms with E-state index in [0.29, 0.717) is 13.0 Å². The number of imidazole rings is 1. The summed E-state index contributed by atoms with van der Waals surface area (Å²) in [6.07, 6.45) is 5.53. The van der Waals surface area contributed by atoms with Crippen LogP contribution < -0.4 is 0 Å². The summed E-state index contributed by atoms with van der Waals surface area (Å²) in [4.78, 5) is 29.4. The van der Waals surface area contributed by atoms with Gasteiger partial charge in [-0.05, 0) is 19.8 Å². The zero-order valence-electron chi connectivity index (χ0n) is 12.1. The molecule has 0 bridgehead atoms. The number of nitrogens with zero attached hydrogens (tertiary/aromatic N) is 3. The second-order valence-corrected chi connectivity index (χ2v) is 5.70. The average molecular weight is 279 g/mol. The van der Waals surface area contributed by atoms with Crippen molar-refractivity contribution in [3.63, 3.8) is 0 Å². The maximum Gasteiger partial charge on any atom is 0.308 e. The molecule has 0 aliphatic carbocycles. The van der Waals surface area contributed by atoms with Gasteiger partial charge in [-0.25, -0.2) is 4.98 Å². The van der Waals surface area contributed by atoms with Gasteiger partial charge in [0.15, 0.2) is 0 Å². The lowest BCUT2D eigenvalue weighted by molar-refractivity contribution is -0.156. The molecule has 1 aromatic rings. The monoisotopic (exact) mass is 279 g/mol. The van der Waals surface area contributed by atoms with Gasteiger partial charge in [0.05, 0.1) is 12.2 Å². The Hall–Kier alpha value is -1.85. The Labute approximate surface area is 118 Å². The molecular weight excluding hydrogens is 258 g/mol. The van der Waals surface area contributed by atoms with Crippen LogP contribution in [0.2, 0.25) is 0 Å². The van der Waals surface area contributed by atoms with Crippen molar-refractivity contribution in [2.24, 2.45) is 11.8 Å². The van der Waals surface area contributed by atoms with E-state index in [4.69, 9.17) is 0 Å². The number of carboxylic acids is 1. The Morgan fingerprint density at radius 2 is 2.25 bits per heavy atom. The molecule has 6 nitrogen and oxygen atoms in total. The fourth-order valence-corrected chi connectivity index (χ4v) is 3.27. The number of hydrogen-bond acceptors (Lipinski definition) is 3. The first-order valence-electron chi connectivity index (χ1n) is 6.91. The summed E-state index contributed by atoms with van der Waals surface area (Å²) in [5.41, 5.74) is 0. The lowest BCUT2D eigenvalue weighted by atomic mass is 9.80. The van der Waals surface area contributed by atoms with Crippen LogP contribution in [0.15, 0.2) is 18.7 Å². The fraction of sp³-hybridized carbons (Fsp3) is 0.643. The summed E-state index contributed by atoms with van der Waals surface area (Å²) in [6.45, 7) is 6.24. The first kappa shape index (κ1) is 14.6. The third-order valence-corrected chi connectivity index (χ3v) is 4.15. The van der Waals surface area contributed by atoms with Crippen LogP contribution in [-0.2, 0) is 16.1 Å². The lowest BCUT2D eigenvalue weighted by Crippen LogP contribution is -2.56. The molecule has 1 saturated heterocycles. The molecule has 4 atom stereocenters. The molecule has 1 amide bonds. The number of aromatic nitrogens is 2. The van der Waals surface area contributed by atoms with Gasteiger partial charge in [0.25, 0.3) is 0 Å². The SMILES string of the molecule is CC1CC(=O)N(C(C)Cn2ccnc2)C(C)C1C(=O)O. The molecule has 2 heterocycles. The van der Waals surface area contributed by atoms with E-state index in [1.807, 2.05) is 31.5 Å². The predicted octanol–water partition coefficient (Wildman–Crippen LogP) is 1.23. The molecule has 0 saturated carbocycles. The van der Waals surface area contributed by atoms with Crippen LogP contribution in [0, 0.1) is 11.8 Å². The first-order valence-corrected chi connectivity index (χ1v) is 6.91. The molecular formula is C14H21N3O3. The molecule has 0 spiro atoms. The number of piperidine rings is 1. The van der Waals surface area contributed by atoms with Crippen molar-refractivity contribution in [3.05, 3.63) is 18.7 Å². The molecule has 2 rings (SSSR count). The number of carbonyl (C=O) groups is 2. The fourth-order valence-electron chi connectivity index (χ4n) is 3.27. The highest BCUT2D eigenvalue weighted by Gasteiger charge is 2.43. The van der Waals surface area contributed by atoms with Crippen LogP contribution in [0.4, 0.5) is 0 Å². The Kier molecular flexibility index (Phi) is 4.11. The first-order chi connectivity index (χ1) is 9.41. The minimum Gasteiger partial charge on any atom is -0.481 e. The Morgan fingerprint density at radius 3 is 2.80 bits per heavy atom. The third-order valence-electron chi connectivity index (χ3n) is 4.15. The topological polar surface area (TPSA) is 75.4 Å². The van der Waals surface area contributed by atoms with Gasteiger partial charge < -0.3 is 14.6 Å². The van der Waals surface area contributed by atoms with E-state index in [0.717, 1.165) is 0 Å². The normalized spacial score (nSPS) is 28.4. The van der Waals surface area contributed by atoms with Crippen LogP contribution in [0.3, 0.4) is 0 Å². The average Bonchev–Trinajstić information content (AvgIpc) is 2.79. The molecule has 110 valence electrons. The second kappa shape index (κ2) is 5.64. The van der Waals surface area contributed by atoms with Gasteiger partial charge in [-0.15, -0.1) is 0 Å². The van der Waals surface area contributed by atoms with Gasteiger partial charge in [0.2, 0.25) is 5.91 Å². The summed E-state index contributed by atoms with van der Waals surface area (Å²) in [5, 5.41) is 9.37. The number of aliphatic carboxylic acids is 1. The van der Waals surface area contributed by atoms with Crippen LogP contribution in [0.5, 0.6) is 0 Å². The van der Waals surface area contributed by atoms with Gasteiger partial charge in [-0.1, -0.05) is 6.92 Å². The van der Waals surface area contributed by atoms with E-state index in [2.05, 4.69) is 4.98 Å². The molecule has 1 N–H and O–H groups in total. The maximum atomic E-state index is 12.3. The van der Waals surface area contributed by atoms with Crippen LogP contribution in [0.25, 0.3) is 0 Å². The summed E-state index contributed by atoms with van der Waals surface area (Å²) < 4.78 is 1.90. The molecule has 0 radical (unpaired) electrons. The number of amides is 1. The maximum absolute atomic E-state index is 12.3. The van der Waals surface area contributed by atoms with Gasteiger partial charge in [0.1, 0.15) is 0 Å². The van der Waals surface area contributed by atoms with E-state index >= 15 is 0 Å². The van der Waals surface area contributed by atoms with Crippen molar-refractivity contribution in [1.82, 2.24) is 14.5 Å². The van der Waals surface area contributed by atoms with Gasteiger partial charge in [-0.2, -0.15) is 0 Å². The van der Waals surface area contributed by atoms with Crippen molar-refractivity contribution in [2.75, 3.05) is 0 Å². The van der Waals surface area contributed by atoms with Crippen LogP contribution in [-0.4, -0.2) is 43.5 Å². The van der Waals surface area contributed by atoms with Crippen molar-refractivity contribution < 1.29 is 14.7 Å². The lowest BCUT2D eigenvalue weighted by Gasteiger charge is -2.44. The van der Waals surface area contributed by atoms with Gasteiger partial charge in [0, 0.05) is 37.4 Å². The Balaban J connectivity index is 2.16. The highest BCUT2D eigenvalue weighted by Crippen LogP contribution is 2.31. The van der Waals surface area contributed by atoms with E-state index in [9.17, 15) is 14.7 Å². The van der Waals surface area contributed by atoms with Crippen molar-refractivity contribution in [1.29, 1.82) is 0 Å². The Bertz CT molecular complexity index is 486. The largest absolute Gasteiger partial charge is 0.481 e. The summed E-state index contributed by atoms with van der Waals surface area (Å²) in [5.74, 6) is -1.41. The number of hydrogen-bond donors (Lipinski definition) is 1. The van der Waals surface area contributed by atoms with E-state index in [1.54, 1.807) is 17.4 Å². The third kappa shape index (κ3) is 2.69. The van der Waals surface area contributed by atoms with Gasteiger partial charge in [-0.3, -0.25) is 9.59 Å². The molecule has 6 heteroatoms. The highest BCUT2D eigenvalue weighted by molar-refractivity contribution is 5.82. The molecule has 4 unspecified atom stereocenters. The zero-order chi connectivity index (χ0) is 14.9. The quantitative estimate of drug-likeness (QED) is 0.899. The molecule has 0 aromatic carbocycles. The molecule has 1 aliphatic heterocycles.